The topological polar surface area (TPSA) is 104 Å². The first-order chi connectivity index (χ1) is 18.8. The molecule has 39 heavy (non-hydrogen) atoms. The molecule has 0 amide bonds. The van der Waals surface area contributed by atoms with Crippen molar-refractivity contribution in [3.8, 4) is 5.82 Å². The van der Waals surface area contributed by atoms with Gasteiger partial charge in [-0.2, -0.15) is 4.98 Å². The smallest absolute Gasteiger partial charge is 0.278 e. The SMILES string of the molecule is CN1CCN(c2ccc(Nc3ncc4c(=O)n5n(c4n3)-c3cccc(n3)C(C)(O)CCC=C(F)C5)cc2)CC1. The summed E-state index contributed by atoms with van der Waals surface area (Å²) >= 11 is 0. The van der Waals surface area contributed by atoms with Crippen molar-refractivity contribution in [2.45, 2.75) is 31.9 Å². The largest absolute Gasteiger partial charge is 0.384 e. The quantitative estimate of drug-likeness (QED) is 0.416. The van der Waals surface area contributed by atoms with E-state index in [0.717, 1.165) is 37.6 Å². The number of halogens is 1. The monoisotopic (exact) mass is 530 g/mol. The summed E-state index contributed by atoms with van der Waals surface area (Å²) in [6, 6.07) is 13.3. The van der Waals surface area contributed by atoms with E-state index in [1.54, 1.807) is 25.1 Å². The predicted molar refractivity (Wildman–Crippen MR) is 148 cm³/mol. The van der Waals surface area contributed by atoms with Crippen LogP contribution in [0.5, 0.6) is 0 Å². The number of piperazine rings is 1. The van der Waals surface area contributed by atoms with Crippen molar-refractivity contribution < 1.29 is 9.50 Å². The minimum absolute atomic E-state index is 0.245. The molecule has 1 aromatic carbocycles. The molecule has 1 unspecified atom stereocenters. The number of pyridine rings is 1. The number of likely N-dealkylation sites (N-methyl/N-ethyl adjacent to an activating group) is 1. The van der Waals surface area contributed by atoms with Crippen molar-refractivity contribution in [2.24, 2.45) is 0 Å². The highest BCUT2D eigenvalue weighted by Crippen LogP contribution is 2.28. The second-order valence-electron chi connectivity index (χ2n) is 10.4. The summed E-state index contributed by atoms with van der Waals surface area (Å²) in [4.78, 5) is 31.7. The zero-order valence-electron chi connectivity index (χ0n) is 22.0. The van der Waals surface area contributed by atoms with E-state index in [2.05, 4.69) is 49.2 Å². The molecule has 0 aliphatic carbocycles. The minimum Gasteiger partial charge on any atom is -0.384 e. The molecule has 0 radical (unpaired) electrons. The molecule has 4 aromatic rings. The average molecular weight is 531 g/mol. The molecule has 1 fully saturated rings. The molecule has 2 bridgehead atoms. The maximum Gasteiger partial charge on any atom is 0.278 e. The summed E-state index contributed by atoms with van der Waals surface area (Å²) in [5.41, 5.74) is 1.01. The number of rotatable bonds is 3. The summed E-state index contributed by atoms with van der Waals surface area (Å²) in [5.74, 6) is 0.179. The highest BCUT2D eigenvalue weighted by molar-refractivity contribution is 5.77. The van der Waals surface area contributed by atoms with Gasteiger partial charge in [-0.05, 0) is 63.2 Å². The summed E-state index contributed by atoms with van der Waals surface area (Å²) in [7, 11) is 2.13. The number of aliphatic hydroxyl groups is 1. The third-order valence-corrected chi connectivity index (χ3v) is 7.47. The molecular weight excluding hydrogens is 499 g/mol. The Morgan fingerprint density at radius 2 is 1.82 bits per heavy atom. The van der Waals surface area contributed by atoms with Gasteiger partial charge in [0.15, 0.2) is 11.5 Å². The van der Waals surface area contributed by atoms with Crippen LogP contribution in [0.4, 0.5) is 21.7 Å². The highest BCUT2D eigenvalue weighted by Gasteiger charge is 2.27. The molecule has 2 aliphatic rings. The van der Waals surface area contributed by atoms with Crippen molar-refractivity contribution in [2.75, 3.05) is 43.4 Å². The van der Waals surface area contributed by atoms with Crippen LogP contribution < -0.4 is 15.8 Å². The van der Waals surface area contributed by atoms with Gasteiger partial charge in [0.25, 0.3) is 5.56 Å². The number of hydrogen-bond acceptors (Lipinski definition) is 8. The van der Waals surface area contributed by atoms with Gasteiger partial charge < -0.3 is 20.2 Å². The molecule has 2 N–H and O–H groups in total. The van der Waals surface area contributed by atoms with Crippen LogP contribution in [-0.2, 0) is 12.1 Å². The Hall–Kier alpha value is -4.09. The Morgan fingerprint density at radius 3 is 2.59 bits per heavy atom. The molecule has 1 atom stereocenters. The Bertz CT molecular complexity index is 1600. The fourth-order valence-electron chi connectivity index (χ4n) is 5.10. The summed E-state index contributed by atoms with van der Waals surface area (Å²) < 4.78 is 17.7. The van der Waals surface area contributed by atoms with Crippen LogP contribution in [-0.4, -0.2) is 67.5 Å². The molecule has 11 heteroatoms. The Morgan fingerprint density at radius 1 is 1.05 bits per heavy atom. The van der Waals surface area contributed by atoms with Crippen LogP contribution in [0.25, 0.3) is 16.9 Å². The third kappa shape index (κ3) is 4.90. The molecule has 0 spiro atoms. The highest BCUT2D eigenvalue weighted by atomic mass is 19.1. The van der Waals surface area contributed by atoms with E-state index >= 15 is 0 Å². The van der Waals surface area contributed by atoms with Crippen LogP contribution in [0, 0.1) is 0 Å². The third-order valence-electron chi connectivity index (χ3n) is 7.47. The number of benzene rings is 1. The lowest BCUT2D eigenvalue weighted by Crippen LogP contribution is -2.44. The normalized spacial score (nSPS) is 20.3. The second-order valence-corrected chi connectivity index (χ2v) is 10.4. The van der Waals surface area contributed by atoms with Gasteiger partial charge in [-0.25, -0.2) is 23.7 Å². The fourth-order valence-corrected chi connectivity index (χ4v) is 5.10. The first-order valence-corrected chi connectivity index (χ1v) is 13.1. The lowest BCUT2D eigenvalue weighted by atomic mass is 9.95. The van der Waals surface area contributed by atoms with Gasteiger partial charge in [0.05, 0.1) is 12.2 Å². The van der Waals surface area contributed by atoms with E-state index in [-0.39, 0.29) is 11.9 Å². The fraction of sp³-hybridized carbons (Fsp3) is 0.357. The van der Waals surface area contributed by atoms with Crippen molar-refractivity contribution >= 4 is 28.4 Å². The molecule has 3 aromatic heterocycles. The van der Waals surface area contributed by atoms with Crippen LogP contribution in [0.3, 0.4) is 0 Å². The van der Waals surface area contributed by atoms with Crippen molar-refractivity contribution in [1.29, 1.82) is 0 Å². The van der Waals surface area contributed by atoms with Crippen LogP contribution in [0.15, 0.2) is 65.4 Å². The maximum absolute atomic E-state index is 14.9. The predicted octanol–water partition coefficient (Wildman–Crippen LogP) is 3.33. The van der Waals surface area contributed by atoms with Gasteiger partial charge in [0.2, 0.25) is 5.95 Å². The number of allylic oxidation sites excluding steroid dienone is 2. The molecule has 10 nitrogen and oxygen atoms in total. The zero-order chi connectivity index (χ0) is 27.1. The lowest BCUT2D eigenvalue weighted by Gasteiger charge is -2.34. The van der Waals surface area contributed by atoms with Crippen molar-refractivity contribution in [3.63, 3.8) is 0 Å². The molecule has 5 heterocycles. The Balaban J connectivity index is 1.38. The van der Waals surface area contributed by atoms with Crippen LogP contribution in [0.2, 0.25) is 0 Å². The Kier molecular flexibility index (Phi) is 6.40. The molecule has 1 saturated heterocycles. The van der Waals surface area contributed by atoms with E-state index in [4.69, 9.17) is 0 Å². The Labute approximate surface area is 225 Å². The van der Waals surface area contributed by atoms with Gasteiger partial charge in [-0.15, -0.1) is 0 Å². The molecule has 6 rings (SSSR count). The van der Waals surface area contributed by atoms with E-state index in [1.165, 1.54) is 21.6 Å². The van der Waals surface area contributed by atoms with Gasteiger partial charge in [0, 0.05) is 43.8 Å². The standard InChI is InChI=1S/C28H31FN8O2/c1-28(39)12-4-5-19(29)18-36-26(38)22-17-30-27(33-25(22)37(36)24-7-3-6-23(28)32-24)31-20-8-10-21(11-9-20)35-15-13-34(2)14-16-35/h3,5-11,17,39H,4,12-16,18H2,1-2H3,(H,30,31,33). The summed E-state index contributed by atoms with van der Waals surface area (Å²) in [6.07, 6.45) is 3.46. The summed E-state index contributed by atoms with van der Waals surface area (Å²) in [5, 5.41) is 14.5. The second kappa shape index (κ2) is 9.90. The van der Waals surface area contributed by atoms with Gasteiger partial charge in [-0.3, -0.25) is 4.79 Å². The molecule has 2 aliphatic heterocycles. The average Bonchev–Trinajstić information content (AvgIpc) is 3.19. The number of anilines is 3. The van der Waals surface area contributed by atoms with Crippen molar-refractivity contribution in [3.05, 3.63) is 76.6 Å². The lowest BCUT2D eigenvalue weighted by molar-refractivity contribution is 0.0442. The number of nitrogens with zero attached hydrogens (tertiary/aromatic N) is 7. The first-order valence-electron chi connectivity index (χ1n) is 13.1. The number of hydrogen-bond donors (Lipinski definition) is 2. The van der Waals surface area contributed by atoms with E-state index in [9.17, 15) is 14.3 Å². The van der Waals surface area contributed by atoms with Crippen LogP contribution >= 0.6 is 0 Å². The summed E-state index contributed by atoms with van der Waals surface area (Å²) in [6.45, 7) is 5.41. The van der Waals surface area contributed by atoms with E-state index in [0.29, 0.717) is 35.9 Å². The van der Waals surface area contributed by atoms with E-state index in [1.807, 2.05) is 12.1 Å². The van der Waals surface area contributed by atoms with Gasteiger partial charge in [0.1, 0.15) is 16.8 Å². The minimum atomic E-state index is -1.26. The van der Waals surface area contributed by atoms with Crippen molar-refractivity contribution in [1.82, 2.24) is 29.2 Å². The number of aromatic nitrogens is 5. The number of nitrogens with one attached hydrogen (secondary N) is 1. The molecular formula is C28H31FN8O2. The molecule has 0 saturated carbocycles. The van der Waals surface area contributed by atoms with Crippen LogP contribution in [0.1, 0.15) is 25.5 Å². The maximum atomic E-state index is 14.9. The first kappa shape index (κ1) is 25.2. The van der Waals surface area contributed by atoms with E-state index < -0.39 is 17.0 Å². The molecule has 202 valence electrons. The van der Waals surface area contributed by atoms with Gasteiger partial charge >= 0.3 is 0 Å². The number of fused-ring (bicyclic) bond motifs is 6. The zero-order valence-corrected chi connectivity index (χ0v) is 22.0. The van der Waals surface area contributed by atoms with Gasteiger partial charge in [-0.1, -0.05) is 12.1 Å².